The molecule has 3 aromatic heterocycles. The number of anilines is 2. The van der Waals surface area contributed by atoms with E-state index in [1.54, 1.807) is 16.0 Å². The third-order valence-electron chi connectivity index (χ3n) is 5.97. The van der Waals surface area contributed by atoms with Crippen LogP contribution in [0.15, 0.2) is 17.5 Å². The lowest BCUT2D eigenvalue weighted by Gasteiger charge is -2.36. The van der Waals surface area contributed by atoms with Crippen molar-refractivity contribution in [3.63, 3.8) is 0 Å². The monoisotopic (exact) mass is 428 g/mol. The van der Waals surface area contributed by atoms with Gasteiger partial charge in [0, 0.05) is 59.4 Å². The Kier molecular flexibility index (Phi) is 5.55. The van der Waals surface area contributed by atoms with Crippen LogP contribution in [0.4, 0.5) is 11.8 Å². The van der Waals surface area contributed by atoms with Crippen molar-refractivity contribution in [3.05, 3.63) is 17.5 Å². The Bertz CT molecular complexity index is 990. The molecule has 2 aliphatic rings. The summed E-state index contributed by atoms with van der Waals surface area (Å²) < 4.78 is 7.13. The Morgan fingerprint density at radius 2 is 1.77 bits per heavy atom. The van der Waals surface area contributed by atoms with Gasteiger partial charge in [0.15, 0.2) is 5.65 Å². The number of morpholine rings is 1. The Labute approximate surface area is 180 Å². The van der Waals surface area contributed by atoms with Crippen LogP contribution >= 0.6 is 11.3 Å². The van der Waals surface area contributed by atoms with E-state index in [0.717, 1.165) is 87.5 Å². The second kappa shape index (κ2) is 8.46. The van der Waals surface area contributed by atoms with Gasteiger partial charge in [-0.2, -0.15) is 10.1 Å². The lowest BCUT2D eigenvalue weighted by Crippen LogP contribution is -2.49. The molecule has 5 rings (SSSR count). The number of thiophene rings is 1. The summed E-state index contributed by atoms with van der Waals surface area (Å²) in [5.74, 6) is 1.35. The van der Waals surface area contributed by atoms with Gasteiger partial charge in [-0.3, -0.25) is 14.5 Å². The largest absolute Gasteiger partial charge is 0.383 e. The molecule has 5 heterocycles. The minimum Gasteiger partial charge on any atom is -0.383 e. The van der Waals surface area contributed by atoms with E-state index in [0.29, 0.717) is 11.5 Å². The Hall–Kier alpha value is -2.27. The summed E-state index contributed by atoms with van der Waals surface area (Å²) in [7, 11) is 1.85. The number of piperazine rings is 1. The Morgan fingerprint density at radius 3 is 2.47 bits per heavy atom. The predicted molar refractivity (Wildman–Crippen MR) is 120 cm³/mol. The first-order valence-electron chi connectivity index (χ1n) is 10.5. The lowest BCUT2D eigenvalue weighted by atomic mass is 10.2. The van der Waals surface area contributed by atoms with Crippen molar-refractivity contribution in [2.75, 3.05) is 76.2 Å². The summed E-state index contributed by atoms with van der Waals surface area (Å²) in [6.45, 7) is 9.90. The van der Waals surface area contributed by atoms with Crippen molar-refractivity contribution in [1.29, 1.82) is 0 Å². The average molecular weight is 429 g/mol. The third-order valence-corrected chi connectivity index (χ3v) is 6.85. The van der Waals surface area contributed by atoms with Gasteiger partial charge >= 0.3 is 0 Å². The molecule has 10 heteroatoms. The molecule has 30 heavy (non-hydrogen) atoms. The minimum absolute atomic E-state index is 0.605. The quantitative estimate of drug-likeness (QED) is 0.647. The zero-order chi connectivity index (χ0) is 20.5. The molecule has 0 bridgehead atoms. The molecular weight excluding hydrogens is 400 g/mol. The van der Waals surface area contributed by atoms with Gasteiger partial charge < -0.3 is 15.4 Å². The molecule has 160 valence electrons. The van der Waals surface area contributed by atoms with Crippen LogP contribution in [0, 0.1) is 0 Å². The summed E-state index contributed by atoms with van der Waals surface area (Å²) in [6, 6.07) is 4.11. The number of rotatable bonds is 5. The van der Waals surface area contributed by atoms with E-state index in [2.05, 4.69) is 31.2 Å². The molecule has 0 aromatic carbocycles. The number of hydrogen-bond donors (Lipinski definition) is 1. The van der Waals surface area contributed by atoms with E-state index in [9.17, 15) is 0 Å². The first-order valence-corrected chi connectivity index (χ1v) is 11.4. The number of nitrogen functional groups attached to an aromatic ring is 1. The zero-order valence-electron chi connectivity index (χ0n) is 17.3. The van der Waals surface area contributed by atoms with Gasteiger partial charge in [0.2, 0.25) is 5.95 Å². The van der Waals surface area contributed by atoms with Gasteiger partial charge in [0.1, 0.15) is 5.82 Å². The summed E-state index contributed by atoms with van der Waals surface area (Å²) in [5.41, 5.74) is 7.82. The van der Waals surface area contributed by atoms with E-state index in [1.165, 1.54) is 0 Å². The summed E-state index contributed by atoms with van der Waals surface area (Å²) in [5, 5.41) is 7.43. The van der Waals surface area contributed by atoms with E-state index in [-0.39, 0.29) is 0 Å². The predicted octanol–water partition coefficient (Wildman–Crippen LogP) is 1.13. The first kappa shape index (κ1) is 19.7. The van der Waals surface area contributed by atoms with Crippen LogP contribution in [0.2, 0.25) is 0 Å². The SMILES string of the molecule is Cn1nc2nc(N3CCN(CCN4CCOCC4)CC3)nc(-c3cccs3)c2c1N. The Balaban J connectivity index is 1.31. The van der Waals surface area contributed by atoms with Gasteiger partial charge in [-0.25, -0.2) is 4.98 Å². The summed E-state index contributed by atoms with van der Waals surface area (Å²) in [4.78, 5) is 18.1. The van der Waals surface area contributed by atoms with Gasteiger partial charge in [-0.1, -0.05) is 6.07 Å². The number of nitrogens with two attached hydrogens (primary N) is 1. The zero-order valence-corrected chi connectivity index (χ0v) is 18.1. The van der Waals surface area contributed by atoms with E-state index in [1.807, 2.05) is 13.1 Å². The van der Waals surface area contributed by atoms with E-state index in [4.69, 9.17) is 20.4 Å². The topological polar surface area (TPSA) is 88.6 Å². The molecule has 0 unspecified atom stereocenters. The minimum atomic E-state index is 0.605. The second-order valence-electron chi connectivity index (χ2n) is 7.84. The van der Waals surface area contributed by atoms with Gasteiger partial charge in [-0.05, 0) is 11.4 Å². The van der Waals surface area contributed by atoms with Crippen molar-refractivity contribution in [3.8, 4) is 10.6 Å². The maximum absolute atomic E-state index is 6.28. The van der Waals surface area contributed by atoms with Crippen LogP contribution < -0.4 is 10.6 Å². The number of nitrogens with zero attached hydrogens (tertiary/aromatic N) is 7. The highest BCUT2D eigenvalue weighted by Crippen LogP contribution is 2.34. The van der Waals surface area contributed by atoms with Crippen LogP contribution in [-0.2, 0) is 11.8 Å². The van der Waals surface area contributed by atoms with E-state index < -0.39 is 0 Å². The van der Waals surface area contributed by atoms with Gasteiger partial charge in [0.05, 0.1) is 29.2 Å². The molecule has 0 aliphatic carbocycles. The van der Waals surface area contributed by atoms with Crippen LogP contribution in [0.25, 0.3) is 21.6 Å². The molecule has 2 saturated heterocycles. The number of ether oxygens (including phenoxy) is 1. The van der Waals surface area contributed by atoms with Gasteiger partial charge in [-0.15, -0.1) is 11.3 Å². The fourth-order valence-corrected chi connectivity index (χ4v) is 4.84. The van der Waals surface area contributed by atoms with Crippen LogP contribution in [0.5, 0.6) is 0 Å². The molecule has 0 saturated carbocycles. The maximum Gasteiger partial charge on any atom is 0.228 e. The number of fused-ring (bicyclic) bond motifs is 1. The highest BCUT2D eigenvalue weighted by Gasteiger charge is 2.24. The first-order chi connectivity index (χ1) is 14.7. The molecule has 2 aliphatic heterocycles. The molecule has 9 nitrogen and oxygen atoms in total. The number of hydrogen-bond acceptors (Lipinski definition) is 9. The highest BCUT2D eigenvalue weighted by atomic mass is 32.1. The molecule has 0 atom stereocenters. The van der Waals surface area contributed by atoms with Crippen molar-refractivity contribution in [2.45, 2.75) is 0 Å². The smallest absolute Gasteiger partial charge is 0.228 e. The van der Waals surface area contributed by atoms with Crippen LogP contribution in [0.1, 0.15) is 0 Å². The van der Waals surface area contributed by atoms with Crippen LogP contribution in [0.3, 0.4) is 0 Å². The molecule has 3 aromatic rings. The molecule has 0 amide bonds. The molecule has 0 spiro atoms. The summed E-state index contributed by atoms with van der Waals surface area (Å²) in [6.07, 6.45) is 0. The van der Waals surface area contributed by atoms with Crippen molar-refractivity contribution in [2.24, 2.45) is 7.05 Å². The summed E-state index contributed by atoms with van der Waals surface area (Å²) >= 11 is 1.66. The molecule has 2 N–H and O–H groups in total. The molecule has 0 radical (unpaired) electrons. The second-order valence-corrected chi connectivity index (χ2v) is 8.79. The fourth-order valence-electron chi connectivity index (χ4n) is 4.12. The normalized spacial score (nSPS) is 19.0. The average Bonchev–Trinajstić information content (AvgIpc) is 3.41. The number of aromatic nitrogens is 4. The highest BCUT2D eigenvalue weighted by molar-refractivity contribution is 7.13. The van der Waals surface area contributed by atoms with Crippen molar-refractivity contribution in [1.82, 2.24) is 29.5 Å². The van der Waals surface area contributed by atoms with Gasteiger partial charge in [0.25, 0.3) is 0 Å². The van der Waals surface area contributed by atoms with Crippen molar-refractivity contribution < 1.29 is 4.74 Å². The standard InChI is InChI=1S/C20H28N8OS/c1-25-18(21)16-17(15-3-2-14-30-15)22-20(23-19(16)24-25)28-8-6-26(7-9-28)4-5-27-10-12-29-13-11-27/h2-3,14H,4-13,21H2,1H3. The lowest BCUT2D eigenvalue weighted by molar-refractivity contribution is 0.0331. The maximum atomic E-state index is 6.28. The van der Waals surface area contributed by atoms with E-state index >= 15 is 0 Å². The molecular formula is C20H28N8OS. The number of aryl methyl sites for hydroxylation is 1. The fraction of sp³-hybridized carbons (Fsp3) is 0.550. The van der Waals surface area contributed by atoms with Crippen LogP contribution in [-0.4, -0.2) is 95.1 Å². The van der Waals surface area contributed by atoms with Crippen molar-refractivity contribution >= 4 is 34.1 Å². The third kappa shape index (κ3) is 3.87. The Morgan fingerprint density at radius 1 is 1.03 bits per heavy atom. The molecule has 2 fully saturated rings.